The molecule has 2 aromatic carbocycles. The van der Waals surface area contributed by atoms with Crippen molar-refractivity contribution in [2.75, 3.05) is 0 Å². The molecule has 2 N–H and O–H groups in total. The number of carbonyl (C=O) groups excluding carboxylic acids is 1. The third-order valence-electron chi connectivity index (χ3n) is 4.87. The van der Waals surface area contributed by atoms with Crippen LogP contribution in [0.4, 0.5) is 0 Å². The number of carbonyl (C=O) groups is 2. The summed E-state index contributed by atoms with van der Waals surface area (Å²) in [5, 5.41) is 11.7. The van der Waals surface area contributed by atoms with Crippen LogP contribution in [-0.2, 0) is 10.2 Å². The Balaban J connectivity index is 1.83. The maximum absolute atomic E-state index is 12.9. The van der Waals surface area contributed by atoms with Gasteiger partial charge in [-0.3, -0.25) is 9.59 Å². The summed E-state index contributed by atoms with van der Waals surface area (Å²) in [4.78, 5) is 24.8. The van der Waals surface area contributed by atoms with Crippen molar-refractivity contribution in [3.05, 3.63) is 65.2 Å². The molecule has 0 bridgehead atoms. The predicted molar refractivity (Wildman–Crippen MR) is 104 cm³/mol. The van der Waals surface area contributed by atoms with Crippen molar-refractivity contribution in [1.29, 1.82) is 0 Å². The van der Waals surface area contributed by atoms with E-state index in [0.29, 0.717) is 10.5 Å². The van der Waals surface area contributed by atoms with Crippen LogP contribution in [0.1, 0.15) is 54.7 Å². The van der Waals surface area contributed by atoms with Crippen molar-refractivity contribution in [3.63, 3.8) is 0 Å². The molecule has 2 aromatic rings. The smallest absolute Gasteiger partial charge is 0.316 e. The molecule has 26 heavy (non-hydrogen) atoms. The summed E-state index contributed by atoms with van der Waals surface area (Å²) in [6, 6.07) is 15.4. The van der Waals surface area contributed by atoms with Crippen molar-refractivity contribution in [3.8, 4) is 0 Å². The van der Waals surface area contributed by atoms with Gasteiger partial charge in [0, 0.05) is 4.90 Å². The second-order valence-electron chi connectivity index (χ2n) is 7.30. The number of rotatable bonds is 5. The molecule has 1 aliphatic carbocycles. The topological polar surface area (TPSA) is 66.4 Å². The minimum absolute atomic E-state index is 0.0145. The molecule has 2 unspecified atom stereocenters. The minimum Gasteiger partial charge on any atom is -0.480 e. The lowest BCUT2D eigenvalue weighted by molar-refractivity contribution is -0.136. The summed E-state index contributed by atoms with van der Waals surface area (Å²) < 4.78 is 0. The molecule has 0 aromatic heterocycles. The van der Waals surface area contributed by atoms with Gasteiger partial charge in [0.1, 0.15) is 5.25 Å². The van der Waals surface area contributed by atoms with Crippen LogP contribution in [0.2, 0.25) is 0 Å². The Bertz CT molecular complexity index is 847. The molecular weight excluding hydrogens is 346 g/mol. The molecular formula is C21H23NO3S. The van der Waals surface area contributed by atoms with Crippen LogP contribution < -0.4 is 5.32 Å². The summed E-state index contributed by atoms with van der Waals surface area (Å²) in [7, 11) is 0. The van der Waals surface area contributed by atoms with Gasteiger partial charge in [-0.05, 0) is 42.0 Å². The first-order chi connectivity index (χ1) is 12.3. The number of nitrogens with one attached hydrogen (secondary N) is 1. The Morgan fingerprint density at radius 2 is 1.81 bits per heavy atom. The molecule has 5 heteroatoms. The van der Waals surface area contributed by atoms with E-state index < -0.39 is 11.2 Å². The summed E-state index contributed by atoms with van der Waals surface area (Å²) in [6.45, 7) is 6.00. The van der Waals surface area contributed by atoms with Crippen LogP contribution in [0.3, 0.4) is 0 Å². The number of aliphatic carboxylic acids is 1. The highest BCUT2D eigenvalue weighted by Gasteiger charge is 2.37. The Hall–Kier alpha value is -2.27. The lowest BCUT2D eigenvalue weighted by Gasteiger charge is -2.20. The van der Waals surface area contributed by atoms with Crippen LogP contribution in [-0.4, -0.2) is 22.2 Å². The highest BCUT2D eigenvalue weighted by Crippen LogP contribution is 2.44. The largest absolute Gasteiger partial charge is 0.480 e. The third-order valence-corrected chi connectivity index (χ3v) is 6.03. The molecule has 136 valence electrons. The van der Waals surface area contributed by atoms with Gasteiger partial charge >= 0.3 is 5.97 Å². The minimum atomic E-state index is -0.892. The number of amides is 1. The Labute approximate surface area is 158 Å². The zero-order chi connectivity index (χ0) is 18.9. The van der Waals surface area contributed by atoms with Crippen LogP contribution in [0.25, 0.3) is 0 Å². The van der Waals surface area contributed by atoms with Gasteiger partial charge in [-0.25, -0.2) is 0 Å². The van der Waals surface area contributed by atoms with Crippen molar-refractivity contribution < 1.29 is 14.7 Å². The fourth-order valence-corrected chi connectivity index (χ4v) is 4.44. The average molecular weight is 369 g/mol. The molecule has 3 rings (SSSR count). The van der Waals surface area contributed by atoms with Gasteiger partial charge in [0.2, 0.25) is 0 Å². The highest BCUT2D eigenvalue weighted by atomic mass is 32.2. The fraction of sp³-hybridized carbons (Fsp3) is 0.333. The number of carboxylic acid groups (broad SMARTS) is 1. The molecule has 1 aliphatic rings. The van der Waals surface area contributed by atoms with Crippen LogP contribution in [0.5, 0.6) is 0 Å². The molecule has 0 fully saturated rings. The molecule has 0 spiro atoms. The molecule has 0 saturated heterocycles. The average Bonchev–Trinajstić information content (AvgIpc) is 2.86. The van der Waals surface area contributed by atoms with E-state index in [0.717, 1.165) is 12.0 Å². The molecule has 0 radical (unpaired) electrons. The van der Waals surface area contributed by atoms with Crippen molar-refractivity contribution in [1.82, 2.24) is 5.32 Å². The SMILES string of the molecule is CC(Sc1ccccc1C(=O)NC1CC(C)(C)c2ccccc21)C(=O)O. The molecule has 4 nitrogen and oxygen atoms in total. The van der Waals surface area contributed by atoms with Gasteiger partial charge in [0.05, 0.1) is 11.6 Å². The maximum Gasteiger partial charge on any atom is 0.316 e. The standard InChI is InChI=1S/C21H23NO3S/c1-13(20(24)25)26-18-11-7-5-9-15(18)19(23)22-17-12-21(2,3)16-10-6-4-8-14(16)17/h4-11,13,17H,12H2,1-3H3,(H,22,23)(H,24,25). The van der Waals surface area contributed by atoms with E-state index in [9.17, 15) is 9.59 Å². The van der Waals surface area contributed by atoms with E-state index in [4.69, 9.17) is 5.11 Å². The highest BCUT2D eigenvalue weighted by molar-refractivity contribution is 8.00. The molecule has 0 heterocycles. The lowest BCUT2D eigenvalue weighted by atomic mass is 9.86. The van der Waals surface area contributed by atoms with Gasteiger partial charge < -0.3 is 10.4 Å². The lowest BCUT2D eigenvalue weighted by Crippen LogP contribution is -2.28. The summed E-state index contributed by atoms with van der Waals surface area (Å²) in [5.41, 5.74) is 2.97. The summed E-state index contributed by atoms with van der Waals surface area (Å²) >= 11 is 1.19. The normalized spacial score (nSPS) is 18.8. The quantitative estimate of drug-likeness (QED) is 0.767. The molecule has 0 saturated carbocycles. The van der Waals surface area contributed by atoms with Crippen molar-refractivity contribution >= 4 is 23.6 Å². The zero-order valence-electron chi connectivity index (χ0n) is 15.2. The predicted octanol–water partition coefficient (Wildman–Crippen LogP) is 4.40. The van der Waals surface area contributed by atoms with Gasteiger partial charge in [0.25, 0.3) is 5.91 Å². The zero-order valence-corrected chi connectivity index (χ0v) is 16.0. The number of hydrogen-bond donors (Lipinski definition) is 2. The van der Waals surface area contributed by atoms with Crippen molar-refractivity contribution in [2.24, 2.45) is 0 Å². The van der Waals surface area contributed by atoms with Gasteiger partial charge in [-0.1, -0.05) is 50.2 Å². The van der Waals surface area contributed by atoms with E-state index >= 15 is 0 Å². The number of benzene rings is 2. The first-order valence-corrected chi connectivity index (χ1v) is 9.56. The summed E-state index contributed by atoms with van der Waals surface area (Å²) in [5.74, 6) is -1.06. The molecule has 0 aliphatic heterocycles. The Kier molecular flexibility index (Phi) is 5.10. The Morgan fingerprint density at radius 1 is 1.15 bits per heavy atom. The second kappa shape index (κ2) is 7.16. The van der Waals surface area contributed by atoms with Crippen LogP contribution in [0.15, 0.2) is 53.4 Å². The van der Waals surface area contributed by atoms with E-state index in [-0.39, 0.29) is 17.4 Å². The van der Waals surface area contributed by atoms with E-state index in [1.165, 1.54) is 17.3 Å². The fourth-order valence-electron chi connectivity index (χ4n) is 3.51. The van der Waals surface area contributed by atoms with E-state index in [1.807, 2.05) is 18.2 Å². The van der Waals surface area contributed by atoms with Gasteiger partial charge in [0.15, 0.2) is 0 Å². The third kappa shape index (κ3) is 3.63. The number of hydrogen-bond acceptors (Lipinski definition) is 3. The molecule has 1 amide bonds. The van der Waals surface area contributed by atoms with Gasteiger partial charge in [-0.15, -0.1) is 11.8 Å². The number of fused-ring (bicyclic) bond motifs is 1. The monoisotopic (exact) mass is 369 g/mol. The second-order valence-corrected chi connectivity index (χ2v) is 8.68. The van der Waals surface area contributed by atoms with Crippen LogP contribution in [0, 0.1) is 0 Å². The maximum atomic E-state index is 12.9. The first kappa shape index (κ1) is 18.5. The van der Waals surface area contributed by atoms with Crippen molar-refractivity contribution in [2.45, 2.75) is 48.8 Å². The Morgan fingerprint density at radius 3 is 2.54 bits per heavy atom. The number of carboxylic acids is 1. The molecule has 2 atom stereocenters. The van der Waals surface area contributed by atoms with Crippen LogP contribution >= 0.6 is 11.8 Å². The first-order valence-electron chi connectivity index (χ1n) is 8.68. The van der Waals surface area contributed by atoms with Gasteiger partial charge in [-0.2, -0.15) is 0 Å². The number of thioether (sulfide) groups is 1. The summed E-state index contributed by atoms with van der Waals surface area (Å²) in [6.07, 6.45) is 0.846. The van der Waals surface area contributed by atoms with E-state index in [2.05, 4.69) is 31.3 Å². The van der Waals surface area contributed by atoms with E-state index in [1.54, 1.807) is 25.1 Å².